The first kappa shape index (κ1) is 9.09. The smallest absolute Gasteiger partial charge is 0.0395 e. The van der Waals surface area contributed by atoms with Gasteiger partial charge in [0.1, 0.15) is 0 Å². The molecule has 0 unspecified atom stereocenters. The highest BCUT2D eigenvalue weighted by molar-refractivity contribution is 7.08. The molecular formula is C11H12N2S. The molecule has 3 N–H and O–H groups in total. The number of anilines is 2. The molecule has 0 bridgehead atoms. The van der Waals surface area contributed by atoms with E-state index in [1.807, 2.05) is 19.2 Å². The van der Waals surface area contributed by atoms with Gasteiger partial charge in [-0.1, -0.05) is 0 Å². The predicted molar refractivity (Wildman–Crippen MR) is 63.7 cm³/mol. The van der Waals surface area contributed by atoms with Crippen molar-refractivity contribution < 1.29 is 0 Å². The average Bonchev–Trinajstić information content (AvgIpc) is 2.71. The van der Waals surface area contributed by atoms with Gasteiger partial charge >= 0.3 is 0 Å². The van der Waals surface area contributed by atoms with E-state index in [0.29, 0.717) is 0 Å². The number of hydrogen-bond acceptors (Lipinski definition) is 3. The zero-order chi connectivity index (χ0) is 9.97. The highest BCUT2D eigenvalue weighted by Gasteiger charge is 2.03. The molecule has 1 aromatic carbocycles. The molecule has 0 aliphatic heterocycles. The fourth-order valence-electron chi connectivity index (χ4n) is 1.38. The van der Waals surface area contributed by atoms with Crippen molar-refractivity contribution in [2.24, 2.45) is 0 Å². The van der Waals surface area contributed by atoms with E-state index in [1.54, 1.807) is 11.3 Å². The summed E-state index contributed by atoms with van der Waals surface area (Å²) in [6.07, 6.45) is 0. The van der Waals surface area contributed by atoms with Crippen LogP contribution in [0.3, 0.4) is 0 Å². The first-order valence-electron chi connectivity index (χ1n) is 4.41. The first-order valence-corrected chi connectivity index (χ1v) is 5.35. The molecule has 0 saturated heterocycles. The van der Waals surface area contributed by atoms with Crippen molar-refractivity contribution in [3.63, 3.8) is 0 Å². The van der Waals surface area contributed by atoms with Crippen molar-refractivity contribution in [2.45, 2.75) is 0 Å². The zero-order valence-electron chi connectivity index (χ0n) is 7.95. The third kappa shape index (κ3) is 1.59. The van der Waals surface area contributed by atoms with E-state index >= 15 is 0 Å². The molecule has 1 heterocycles. The summed E-state index contributed by atoms with van der Waals surface area (Å²) in [5.74, 6) is 0. The fraction of sp³-hybridized carbons (Fsp3) is 0.0909. The minimum atomic E-state index is 0.822. The molecule has 0 aliphatic carbocycles. The van der Waals surface area contributed by atoms with E-state index in [4.69, 9.17) is 5.73 Å². The number of hydrogen-bond donors (Lipinski definition) is 2. The second kappa shape index (κ2) is 3.72. The molecule has 2 aromatic rings. The fourth-order valence-corrected chi connectivity index (χ4v) is 2.04. The summed E-state index contributed by atoms with van der Waals surface area (Å²) in [4.78, 5) is 0. The zero-order valence-corrected chi connectivity index (χ0v) is 8.77. The largest absolute Gasteiger partial charge is 0.398 e. The molecule has 0 atom stereocenters. The number of nitrogen functional groups attached to an aromatic ring is 1. The van der Waals surface area contributed by atoms with E-state index in [1.165, 1.54) is 5.56 Å². The van der Waals surface area contributed by atoms with E-state index in [0.717, 1.165) is 16.9 Å². The summed E-state index contributed by atoms with van der Waals surface area (Å²) in [6.45, 7) is 0. The molecule has 0 spiro atoms. The molecule has 0 saturated carbocycles. The predicted octanol–water partition coefficient (Wildman–Crippen LogP) is 3.04. The van der Waals surface area contributed by atoms with Crippen molar-refractivity contribution in [1.82, 2.24) is 0 Å². The van der Waals surface area contributed by atoms with Crippen LogP contribution in [0, 0.1) is 0 Å². The van der Waals surface area contributed by atoms with Gasteiger partial charge in [-0.15, -0.1) is 0 Å². The van der Waals surface area contributed by atoms with Gasteiger partial charge in [0.15, 0.2) is 0 Å². The third-order valence-corrected chi connectivity index (χ3v) is 2.86. The van der Waals surface area contributed by atoms with Gasteiger partial charge in [-0.25, -0.2) is 0 Å². The van der Waals surface area contributed by atoms with Crippen LogP contribution >= 0.6 is 11.3 Å². The summed E-state index contributed by atoms with van der Waals surface area (Å²) in [7, 11) is 1.91. The van der Waals surface area contributed by atoms with E-state index < -0.39 is 0 Å². The Morgan fingerprint density at radius 2 is 2.14 bits per heavy atom. The van der Waals surface area contributed by atoms with E-state index in [-0.39, 0.29) is 0 Å². The first-order chi connectivity index (χ1) is 6.81. The molecule has 0 radical (unpaired) electrons. The summed E-state index contributed by atoms with van der Waals surface area (Å²) in [6, 6.07) is 8.05. The Hall–Kier alpha value is -1.48. The normalized spacial score (nSPS) is 10.1. The van der Waals surface area contributed by atoms with Crippen LogP contribution in [0.4, 0.5) is 11.4 Å². The quantitative estimate of drug-likeness (QED) is 0.738. The minimum absolute atomic E-state index is 0.822. The van der Waals surface area contributed by atoms with Crippen LogP contribution in [0.5, 0.6) is 0 Å². The van der Waals surface area contributed by atoms with Crippen LogP contribution in [-0.2, 0) is 0 Å². The maximum Gasteiger partial charge on any atom is 0.0395 e. The SMILES string of the molecule is CNc1ccc(N)c(-c2ccsc2)c1. The summed E-state index contributed by atoms with van der Waals surface area (Å²) in [5.41, 5.74) is 10.1. The summed E-state index contributed by atoms with van der Waals surface area (Å²) in [5, 5.41) is 7.26. The van der Waals surface area contributed by atoms with Crippen molar-refractivity contribution >= 4 is 22.7 Å². The molecule has 72 valence electrons. The monoisotopic (exact) mass is 204 g/mol. The van der Waals surface area contributed by atoms with Crippen LogP contribution in [0.25, 0.3) is 11.1 Å². The Labute approximate surface area is 87.4 Å². The third-order valence-electron chi connectivity index (χ3n) is 2.17. The number of nitrogens with two attached hydrogens (primary N) is 1. The van der Waals surface area contributed by atoms with Crippen LogP contribution < -0.4 is 11.1 Å². The van der Waals surface area contributed by atoms with Crippen molar-refractivity contribution in [1.29, 1.82) is 0 Å². The Balaban J connectivity index is 2.51. The lowest BCUT2D eigenvalue weighted by atomic mass is 10.1. The van der Waals surface area contributed by atoms with Gasteiger partial charge in [-0.2, -0.15) is 11.3 Å². The molecule has 3 heteroatoms. The topological polar surface area (TPSA) is 38.0 Å². The van der Waals surface area contributed by atoms with Crippen LogP contribution in [-0.4, -0.2) is 7.05 Å². The number of benzene rings is 1. The minimum Gasteiger partial charge on any atom is -0.398 e. The Kier molecular flexibility index (Phi) is 2.41. The van der Waals surface area contributed by atoms with Crippen molar-refractivity contribution in [3.8, 4) is 11.1 Å². The van der Waals surface area contributed by atoms with Crippen LogP contribution in [0.15, 0.2) is 35.0 Å². The van der Waals surface area contributed by atoms with E-state index in [9.17, 15) is 0 Å². The molecule has 2 rings (SSSR count). The second-order valence-corrected chi connectivity index (χ2v) is 3.84. The number of nitrogens with one attached hydrogen (secondary N) is 1. The second-order valence-electron chi connectivity index (χ2n) is 3.06. The highest BCUT2D eigenvalue weighted by atomic mass is 32.1. The van der Waals surface area contributed by atoms with E-state index in [2.05, 4.69) is 28.2 Å². The van der Waals surface area contributed by atoms with Gasteiger partial charge in [0.25, 0.3) is 0 Å². The molecule has 1 aromatic heterocycles. The van der Waals surface area contributed by atoms with Crippen LogP contribution in [0.1, 0.15) is 0 Å². The Morgan fingerprint density at radius 1 is 1.29 bits per heavy atom. The van der Waals surface area contributed by atoms with Gasteiger partial charge < -0.3 is 11.1 Å². The lowest BCUT2D eigenvalue weighted by Crippen LogP contribution is -1.92. The molecule has 2 nitrogen and oxygen atoms in total. The molecule has 0 aliphatic rings. The lowest BCUT2D eigenvalue weighted by molar-refractivity contribution is 1.51. The van der Waals surface area contributed by atoms with Gasteiger partial charge in [0, 0.05) is 24.0 Å². The van der Waals surface area contributed by atoms with Gasteiger partial charge in [-0.3, -0.25) is 0 Å². The Morgan fingerprint density at radius 3 is 2.79 bits per heavy atom. The summed E-state index contributed by atoms with van der Waals surface area (Å²) < 4.78 is 0. The maximum atomic E-state index is 5.91. The standard InChI is InChI=1S/C11H12N2S/c1-13-9-2-3-11(12)10(6-9)8-4-5-14-7-8/h2-7,13H,12H2,1H3. The molecule has 0 fully saturated rings. The number of rotatable bonds is 2. The molecule has 14 heavy (non-hydrogen) atoms. The molecular weight excluding hydrogens is 192 g/mol. The maximum absolute atomic E-state index is 5.91. The van der Waals surface area contributed by atoms with Gasteiger partial charge in [0.05, 0.1) is 0 Å². The van der Waals surface area contributed by atoms with Crippen molar-refractivity contribution in [3.05, 3.63) is 35.0 Å². The average molecular weight is 204 g/mol. The molecule has 0 amide bonds. The van der Waals surface area contributed by atoms with Crippen molar-refractivity contribution in [2.75, 3.05) is 18.1 Å². The van der Waals surface area contributed by atoms with Gasteiger partial charge in [-0.05, 0) is 40.6 Å². The number of thiophene rings is 1. The summed E-state index contributed by atoms with van der Waals surface area (Å²) >= 11 is 1.68. The Bertz CT molecular complexity index is 421. The highest BCUT2D eigenvalue weighted by Crippen LogP contribution is 2.30. The van der Waals surface area contributed by atoms with Crippen LogP contribution in [0.2, 0.25) is 0 Å². The van der Waals surface area contributed by atoms with Gasteiger partial charge in [0.2, 0.25) is 0 Å². The lowest BCUT2D eigenvalue weighted by Gasteiger charge is -2.06.